The lowest BCUT2D eigenvalue weighted by Crippen LogP contribution is -2.38. The number of rotatable bonds is 4. The van der Waals surface area contributed by atoms with E-state index in [1.165, 1.54) is 0 Å². The van der Waals surface area contributed by atoms with Gasteiger partial charge in [0.25, 0.3) is 0 Å². The summed E-state index contributed by atoms with van der Waals surface area (Å²) in [5, 5.41) is 3.05. The largest absolute Gasteiger partial charge is 0.378 e. The minimum Gasteiger partial charge on any atom is -0.378 e. The van der Waals surface area contributed by atoms with Gasteiger partial charge >= 0.3 is 0 Å². The van der Waals surface area contributed by atoms with Gasteiger partial charge in [-0.15, -0.1) is 24.8 Å². The molecule has 0 radical (unpaired) electrons. The molecule has 1 saturated heterocycles. The van der Waals surface area contributed by atoms with Crippen molar-refractivity contribution in [1.82, 2.24) is 10.3 Å². The van der Waals surface area contributed by atoms with E-state index in [-0.39, 0.29) is 42.7 Å². The Kier molecular flexibility index (Phi) is 8.76. The Bertz CT molecular complexity index is 527. The Morgan fingerprint density at radius 1 is 1.33 bits per heavy atom. The predicted octanol–water partition coefficient (Wildman–Crippen LogP) is 1.51. The quantitative estimate of drug-likeness (QED) is 0.832. The van der Waals surface area contributed by atoms with Crippen LogP contribution in [0.25, 0.3) is 0 Å². The standard InChI is InChI=1S/C16H24N4O2.2ClH/c17-14-4-3-12(10-14)16(21)19-11-13-2-1-5-18-15(13)20-6-8-22-9-7-20;;/h1-2,5,12,14H,3-4,6-11,17H2,(H,19,21);2*1H. The monoisotopic (exact) mass is 376 g/mol. The summed E-state index contributed by atoms with van der Waals surface area (Å²) in [4.78, 5) is 18.9. The van der Waals surface area contributed by atoms with E-state index in [2.05, 4.69) is 15.2 Å². The summed E-state index contributed by atoms with van der Waals surface area (Å²) in [6, 6.07) is 4.12. The molecule has 0 spiro atoms. The molecule has 136 valence electrons. The van der Waals surface area contributed by atoms with Crippen molar-refractivity contribution >= 4 is 36.5 Å². The molecule has 1 aliphatic heterocycles. The maximum Gasteiger partial charge on any atom is 0.223 e. The summed E-state index contributed by atoms with van der Waals surface area (Å²) >= 11 is 0. The molecule has 24 heavy (non-hydrogen) atoms. The highest BCUT2D eigenvalue weighted by atomic mass is 35.5. The molecule has 8 heteroatoms. The zero-order chi connectivity index (χ0) is 15.4. The Hall–Kier alpha value is -1.08. The molecule has 3 N–H and O–H groups in total. The van der Waals surface area contributed by atoms with E-state index in [0.29, 0.717) is 6.54 Å². The van der Waals surface area contributed by atoms with Crippen LogP contribution in [0, 0.1) is 5.92 Å². The third-order valence-corrected chi connectivity index (χ3v) is 4.48. The molecule has 1 aromatic rings. The van der Waals surface area contributed by atoms with Crippen LogP contribution in [0.4, 0.5) is 5.82 Å². The van der Waals surface area contributed by atoms with Gasteiger partial charge in [0, 0.05) is 43.4 Å². The van der Waals surface area contributed by atoms with Crippen LogP contribution in [0.1, 0.15) is 24.8 Å². The average molecular weight is 377 g/mol. The first-order chi connectivity index (χ1) is 10.7. The Morgan fingerprint density at radius 3 is 2.75 bits per heavy atom. The van der Waals surface area contributed by atoms with Crippen molar-refractivity contribution in [1.29, 1.82) is 0 Å². The van der Waals surface area contributed by atoms with Crippen LogP contribution in [0.3, 0.4) is 0 Å². The van der Waals surface area contributed by atoms with Crippen LogP contribution < -0.4 is 16.0 Å². The van der Waals surface area contributed by atoms with Gasteiger partial charge in [-0.05, 0) is 25.3 Å². The number of carbonyl (C=O) groups excluding carboxylic acids is 1. The molecule has 2 heterocycles. The van der Waals surface area contributed by atoms with E-state index in [9.17, 15) is 4.79 Å². The predicted molar refractivity (Wildman–Crippen MR) is 98.9 cm³/mol. The van der Waals surface area contributed by atoms with Gasteiger partial charge in [0.05, 0.1) is 13.2 Å². The van der Waals surface area contributed by atoms with Crippen molar-refractivity contribution in [3.05, 3.63) is 23.9 Å². The van der Waals surface area contributed by atoms with Gasteiger partial charge < -0.3 is 20.7 Å². The van der Waals surface area contributed by atoms with Gasteiger partial charge in [0.15, 0.2) is 0 Å². The Morgan fingerprint density at radius 2 is 2.08 bits per heavy atom. The van der Waals surface area contributed by atoms with E-state index >= 15 is 0 Å². The number of carbonyl (C=O) groups is 1. The highest BCUT2D eigenvalue weighted by Gasteiger charge is 2.27. The minimum atomic E-state index is 0. The van der Waals surface area contributed by atoms with Crippen molar-refractivity contribution in [3.8, 4) is 0 Å². The van der Waals surface area contributed by atoms with Gasteiger partial charge in [-0.25, -0.2) is 4.98 Å². The summed E-state index contributed by atoms with van der Waals surface area (Å²) in [7, 11) is 0. The van der Waals surface area contributed by atoms with Gasteiger partial charge in [0.1, 0.15) is 5.82 Å². The fraction of sp³-hybridized carbons (Fsp3) is 0.625. The van der Waals surface area contributed by atoms with Crippen LogP contribution in [0.2, 0.25) is 0 Å². The number of hydrogen-bond donors (Lipinski definition) is 2. The molecule has 1 aromatic heterocycles. The highest BCUT2D eigenvalue weighted by molar-refractivity contribution is 5.85. The Balaban J connectivity index is 0.00000144. The van der Waals surface area contributed by atoms with Crippen molar-refractivity contribution in [3.63, 3.8) is 0 Å². The van der Waals surface area contributed by atoms with Crippen molar-refractivity contribution in [2.75, 3.05) is 31.2 Å². The number of aromatic nitrogens is 1. The lowest BCUT2D eigenvalue weighted by Gasteiger charge is -2.29. The zero-order valence-electron chi connectivity index (χ0n) is 13.6. The molecule has 2 unspecified atom stereocenters. The maximum atomic E-state index is 12.2. The topological polar surface area (TPSA) is 80.5 Å². The van der Waals surface area contributed by atoms with Crippen molar-refractivity contribution < 1.29 is 9.53 Å². The molecule has 2 atom stereocenters. The van der Waals surface area contributed by atoms with Gasteiger partial charge in [-0.3, -0.25) is 4.79 Å². The molecular formula is C16H26Cl2N4O2. The lowest BCUT2D eigenvalue weighted by atomic mass is 10.1. The number of hydrogen-bond acceptors (Lipinski definition) is 5. The SMILES string of the molecule is Cl.Cl.NC1CCC(C(=O)NCc2cccnc2N2CCOCC2)C1. The fourth-order valence-corrected chi connectivity index (χ4v) is 3.21. The van der Waals surface area contributed by atoms with Crippen LogP contribution in [0.5, 0.6) is 0 Å². The number of ether oxygens (including phenoxy) is 1. The summed E-state index contributed by atoms with van der Waals surface area (Å²) in [6.45, 7) is 3.65. The third kappa shape index (κ3) is 5.21. The fourth-order valence-electron chi connectivity index (χ4n) is 3.21. The molecule has 6 nitrogen and oxygen atoms in total. The summed E-state index contributed by atoms with van der Waals surface area (Å²) in [5.41, 5.74) is 6.94. The van der Waals surface area contributed by atoms with Crippen LogP contribution in [-0.2, 0) is 16.1 Å². The Labute approximate surface area is 155 Å². The number of anilines is 1. The van der Waals surface area contributed by atoms with Gasteiger partial charge in [0.2, 0.25) is 5.91 Å². The molecule has 1 saturated carbocycles. The molecule has 2 fully saturated rings. The van der Waals surface area contributed by atoms with Crippen LogP contribution in [-0.4, -0.2) is 43.2 Å². The number of halogens is 2. The third-order valence-electron chi connectivity index (χ3n) is 4.48. The molecule has 1 aliphatic carbocycles. The van der Waals surface area contributed by atoms with Gasteiger partial charge in [-0.1, -0.05) is 6.07 Å². The minimum absolute atomic E-state index is 0. The van der Waals surface area contributed by atoms with E-state index in [0.717, 1.165) is 56.9 Å². The first-order valence-corrected chi connectivity index (χ1v) is 8.04. The second-order valence-corrected chi connectivity index (χ2v) is 6.07. The molecule has 2 aliphatic rings. The first kappa shape index (κ1) is 21.0. The van der Waals surface area contributed by atoms with Crippen LogP contribution in [0.15, 0.2) is 18.3 Å². The van der Waals surface area contributed by atoms with E-state index < -0.39 is 0 Å². The summed E-state index contributed by atoms with van der Waals surface area (Å²) < 4.78 is 5.39. The maximum absolute atomic E-state index is 12.2. The van der Waals surface area contributed by atoms with Crippen molar-refractivity contribution in [2.45, 2.75) is 31.8 Å². The normalized spacial score (nSPS) is 23.1. The number of pyridine rings is 1. The van der Waals surface area contributed by atoms with E-state index in [1.807, 2.05) is 12.1 Å². The van der Waals surface area contributed by atoms with E-state index in [4.69, 9.17) is 10.5 Å². The second-order valence-electron chi connectivity index (χ2n) is 6.07. The molecule has 1 amide bonds. The number of amides is 1. The number of morpholine rings is 1. The number of nitrogens with one attached hydrogen (secondary N) is 1. The molecule has 0 aromatic carbocycles. The summed E-state index contributed by atoms with van der Waals surface area (Å²) in [5.74, 6) is 1.14. The van der Waals surface area contributed by atoms with Crippen LogP contribution >= 0.6 is 24.8 Å². The molecular weight excluding hydrogens is 351 g/mol. The molecule has 0 bridgehead atoms. The smallest absolute Gasteiger partial charge is 0.223 e. The van der Waals surface area contributed by atoms with E-state index in [1.54, 1.807) is 6.20 Å². The van der Waals surface area contributed by atoms with Crippen molar-refractivity contribution in [2.24, 2.45) is 11.7 Å². The zero-order valence-corrected chi connectivity index (χ0v) is 15.3. The molecule has 3 rings (SSSR count). The highest BCUT2D eigenvalue weighted by Crippen LogP contribution is 2.24. The first-order valence-electron chi connectivity index (χ1n) is 8.04. The number of nitrogens with two attached hydrogens (primary N) is 1. The second kappa shape index (κ2) is 10.0. The summed E-state index contributed by atoms with van der Waals surface area (Å²) in [6.07, 6.45) is 4.45. The lowest BCUT2D eigenvalue weighted by molar-refractivity contribution is -0.125. The number of nitrogens with zero attached hydrogens (tertiary/aromatic N) is 2. The average Bonchev–Trinajstić information content (AvgIpc) is 3.00. The van der Waals surface area contributed by atoms with Gasteiger partial charge in [-0.2, -0.15) is 0 Å².